The number of aromatic amines is 1. The van der Waals surface area contributed by atoms with E-state index in [0.717, 1.165) is 18.4 Å². The quantitative estimate of drug-likeness (QED) is 0.766. The Morgan fingerprint density at radius 1 is 1.15 bits per heavy atom. The lowest BCUT2D eigenvalue weighted by atomic mass is 10.2. The molecule has 0 bridgehead atoms. The van der Waals surface area contributed by atoms with Gasteiger partial charge in [0.1, 0.15) is 5.69 Å². The number of likely N-dealkylation sites (tertiary alicyclic amines) is 1. The number of nitrogens with one attached hydrogen (secondary N) is 1. The first-order valence-corrected chi connectivity index (χ1v) is 8.51. The Kier molecular flexibility index (Phi) is 4.30. The maximum Gasteiger partial charge on any atom is 0.272 e. The minimum atomic E-state index is -0.177. The van der Waals surface area contributed by atoms with Gasteiger partial charge in [0.15, 0.2) is 0 Å². The van der Waals surface area contributed by atoms with Crippen LogP contribution in [0.1, 0.15) is 23.3 Å². The van der Waals surface area contributed by atoms with Gasteiger partial charge in [0.05, 0.1) is 18.3 Å². The summed E-state index contributed by atoms with van der Waals surface area (Å²) in [6, 6.07) is 8.51. The highest BCUT2D eigenvalue weighted by atomic mass is 16.2. The fraction of sp³-hybridized carbons (Fsp3) is 0.278. The van der Waals surface area contributed by atoms with Gasteiger partial charge in [-0.1, -0.05) is 0 Å². The van der Waals surface area contributed by atoms with Crippen molar-refractivity contribution in [2.45, 2.75) is 25.4 Å². The zero-order valence-electron chi connectivity index (χ0n) is 14.1. The molecule has 0 aromatic carbocycles. The number of carbonyl (C=O) groups is 1. The number of hydrogen-bond donors (Lipinski definition) is 1. The van der Waals surface area contributed by atoms with Crippen LogP contribution in [-0.4, -0.2) is 48.4 Å². The third-order valence-corrected chi connectivity index (χ3v) is 4.60. The summed E-state index contributed by atoms with van der Waals surface area (Å²) in [7, 11) is 0. The fourth-order valence-corrected chi connectivity index (χ4v) is 3.28. The Hall–Kier alpha value is -3.29. The van der Waals surface area contributed by atoms with E-state index in [9.17, 15) is 9.59 Å². The summed E-state index contributed by atoms with van der Waals surface area (Å²) in [5.41, 5.74) is 1.88. The van der Waals surface area contributed by atoms with Crippen molar-refractivity contribution in [1.29, 1.82) is 0 Å². The average Bonchev–Trinajstić information content (AvgIpc) is 3.36. The van der Waals surface area contributed by atoms with Gasteiger partial charge in [0.2, 0.25) is 0 Å². The number of aromatic nitrogens is 5. The molecule has 26 heavy (non-hydrogen) atoms. The summed E-state index contributed by atoms with van der Waals surface area (Å²) in [6.45, 7) is 1.04. The Bertz CT molecular complexity index is 951. The van der Waals surface area contributed by atoms with E-state index in [2.05, 4.69) is 20.3 Å². The van der Waals surface area contributed by atoms with Crippen molar-refractivity contribution in [3.8, 4) is 11.3 Å². The van der Waals surface area contributed by atoms with Crippen molar-refractivity contribution < 1.29 is 4.79 Å². The molecule has 0 radical (unpaired) electrons. The second kappa shape index (κ2) is 6.91. The van der Waals surface area contributed by atoms with E-state index in [0.29, 0.717) is 24.5 Å². The van der Waals surface area contributed by atoms with Gasteiger partial charge in [-0.2, -0.15) is 10.2 Å². The summed E-state index contributed by atoms with van der Waals surface area (Å²) >= 11 is 0. The predicted molar refractivity (Wildman–Crippen MR) is 94.4 cm³/mol. The van der Waals surface area contributed by atoms with Crippen LogP contribution in [0, 0.1) is 0 Å². The predicted octanol–water partition coefficient (Wildman–Crippen LogP) is 1.33. The molecule has 0 saturated carbocycles. The maximum absolute atomic E-state index is 12.6. The Morgan fingerprint density at radius 3 is 2.77 bits per heavy atom. The second-order valence-electron chi connectivity index (χ2n) is 6.24. The van der Waals surface area contributed by atoms with Crippen LogP contribution in [0.3, 0.4) is 0 Å². The van der Waals surface area contributed by atoms with Gasteiger partial charge in [-0.25, -0.2) is 4.68 Å². The van der Waals surface area contributed by atoms with Crippen molar-refractivity contribution in [2.75, 3.05) is 6.54 Å². The lowest BCUT2D eigenvalue weighted by Crippen LogP contribution is -2.40. The lowest BCUT2D eigenvalue weighted by molar-refractivity contribution is 0.0714. The molecule has 1 atom stereocenters. The number of nitrogens with zero attached hydrogens (tertiary/aromatic N) is 5. The number of rotatable bonds is 4. The van der Waals surface area contributed by atoms with Crippen LogP contribution in [-0.2, 0) is 6.54 Å². The first kappa shape index (κ1) is 16.2. The van der Waals surface area contributed by atoms with Crippen LogP contribution in [0.2, 0.25) is 0 Å². The number of carbonyl (C=O) groups excluding carboxylic acids is 1. The van der Waals surface area contributed by atoms with E-state index in [1.54, 1.807) is 35.6 Å². The number of H-pyrrole nitrogens is 1. The van der Waals surface area contributed by atoms with Crippen LogP contribution in [0.25, 0.3) is 11.3 Å². The molecule has 1 aliphatic rings. The Labute approximate surface area is 149 Å². The minimum absolute atomic E-state index is 0.0660. The first-order valence-electron chi connectivity index (χ1n) is 8.51. The summed E-state index contributed by atoms with van der Waals surface area (Å²) in [4.78, 5) is 30.7. The molecular weight excluding hydrogens is 332 g/mol. The van der Waals surface area contributed by atoms with E-state index in [4.69, 9.17) is 0 Å². The third-order valence-electron chi connectivity index (χ3n) is 4.60. The van der Waals surface area contributed by atoms with Gasteiger partial charge in [-0.3, -0.25) is 19.7 Å². The number of amides is 1. The van der Waals surface area contributed by atoms with Gasteiger partial charge in [0.25, 0.3) is 11.5 Å². The van der Waals surface area contributed by atoms with Crippen molar-refractivity contribution >= 4 is 5.91 Å². The highest BCUT2D eigenvalue weighted by molar-refractivity contribution is 5.92. The fourth-order valence-electron chi connectivity index (χ4n) is 3.28. The van der Waals surface area contributed by atoms with Crippen molar-refractivity contribution in [1.82, 2.24) is 29.9 Å². The summed E-state index contributed by atoms with van der Waals surface area (Å²) in [5.74, 6) is -0.0941. The Balaban J connectivity index is 1.58. The van der Waals surface area contributed by atoms with Crippen molar-refractivity contribution in [2.24, 2.45) is 0 Å². The molecule has 8 heteroatoms. The van der Waals surface area contributed by atoms with E-state index < -0.39 is 0 Å². The molecule has 1 unspecified atom stereocenters. The molecule has 8 nitrogen and oxygen atoms in total. The topological polar surface area (TPSA) is 96.8 Å². The highest BCUT2D eigenvalue weighted by Gasteiger charge is 2.30. The SMILES string of the molecule is O=C(c1ccn[nH]1)N1CCCC1Cn1nc(-c2ccncc2)ccc1=O. The van der Waals surface area contributed by atoms with Crippen LogP contribution in [0.15, 0.2) is 53.7 Å². The number of hydrogen-bond acceptors (Lipinski definition) is 5. The second-order valence-corrected chi connectivity index (χ2v) is 6.24. The molecule has 132 valence electrons. The smallest absolute Gasteiger partial charge is 0.272 e. The Morgan fingerprint density at radius 2 is 2.00 bits per heavy atom. The third kappa shape index (κ3) is 3.13. The normalized spacial score (nSPS) is 16.8. The summed E-state index contributed by atoms with van der Waals surface area (Å²) < 4.78 is 1.44. The molecular formula is C18H18N6O2. The summed E-state index contributed by atoms with van der Waals surface area (Å²) in [5, 5.41) is 11.0. The van der Waals surface area contributed by atoms with E-state index in [1.165, 1.54) is 10.7 Å². The molecule has 1 N–H and O–H groups in total. The molecule has 4 rings (SSSR count). The number of pyridine rings is 1. The van der Waals surface area contributed by atoms with Crippen LogP contribution < -0.4 is 5.56 Å². The van der Waals surface area contributed by atoms with Gasteiger partial charge in [-0.15, -0.1) is 0 Å². The van der Waals surface area contributed by atoms with Gasteiger partial charge in [-0.05, 0) is 37.1 Å². The molecule has 4 heterocycles. The van der Waals surface area contributed by atoms with Gasteiger partial charge in [0, 0.05) is 36.8 Å². The lowest BCUT2D eigenvalue weighted by Gasteiger charge is -2.24. The van der Waals surface area contributed by atoms with Crippen LogP contribution >= 0.6 is 0 Å². The molecule has 1 amide bonds. The molecule has 3 aromatic rings. The molecule has 0 spiro atoms. The molecule has 1 fully saturated rings. The standard InChI is InChI=1S/C18H18N6O2/c25-17-4-3-15(13-5-8-19-9-6-13)22-24(17)12-14-2-1-11-23(14)18(26)16-7-10-20-21-16/h3-10,14H,1-2,11-12H2,(H,20,21). The molecule has 0 aliphatic carbocycles. The first-order chi connectivity index (χ1) is 12.7. The summed E-state index contributed by atoms with van der Waals surface area (Å²) in [6.07, 6.45) is 6.68. The van der Waals surface area contributed by atoms with Gasteiger partial charge >= 0.3 is 0 Å². The van der Waals surface area contributed by atoms with Crippen molar-refractivity contribution in [3.05, 3.63) is 65.0 Å². The van der Waals surface area contributed by atoms with E-state index in [1.807, 2.05) is 12.1 Å². The molecule has 1 aliphatic heterocycles. The minimum Gasteiger partial charge on any atom is -0.332 e. The molecule has 3 aromatic heterocycles. The van der Waals surface area contributed by atoms with Crippen LogP contribution in [0.4, 0.5) is 0 Å². The average molecular weight is 350 g/mol. The van der Waals surface area contributed by atoms with Crippen LogP contribution in [0.5, 0.6) is 0 Å². The van der Waals surface area contributed by atoms with Gasteiger partial charge < -0.3 is 4.90 Å². The maximum atomic E-state index is 12.6. The zero-order chi connectivity index (χ0) is 17.9. The zero-order valence-corrected chi connectivity index (χ0v) is 14.1. The van der Waals surface area contributed by atoms with E-state index in [-0.39, 0.29) is 17.5 Å². The van der Waals surface area contributed by atoms with E-state index >= 15 is 0 Å². The van der Waals surface area contributed by atoms with Crippen molar-refractivity contribution in [3.63, 3.8) is 0 Å². The monoisotopic (exact) mass is 350 g/mol. The largest absolute Gasteiger partial charge is 0.332 e. The molecule has 1 saturated heterocycles. The highest BCUT2D eigenvalue weighted by Crippen LogP contribution is 2.21.